The van der Waals surface area contributed by atoms with Crippen molar-refractivity contribution < 1.29 is 14.7 Å². The molecule has 0 aliphatic carbocycles. The minimum Gasteiger partial charge on any atom is -0.550 e. The molecule has 0 saturated carbocycles. The molecule has 21 heavy (non-hydrogen) atoms. The normalized spacial score (nSPS) is 16.7. The summed E-state index contributed by atoms with van der Waals surface area (Å²) in [4.78, 5) is 47.0. The summed E-state index contributed by atoms with van der Waals surface area (Å²) < 4.78 is 2.18. The van der Waals surface area contributed by atoms with E-state index >= 15 is 0 Å². The van der Waals surface area contributed by atoms with E-state index in [2.05, 4.69) is 5.32 Å². The monoisotopic (exact) mass is 294 g/mol. The molecule has 0 spiro atoms. The van der Waals surface area contributed by atoms with E-state index in [1.165, 1.54) is 11.6 Å². The minimum absolute atomic E-state index is 0.118. The predicted molar refractivity (Wildman–Crippen MR) is 72.2 cm³/mol. The van der Waals surface area contributed by atoms with Crippen LogP contribution in [0.15, 0.2) is 9.59 Å². The van der Waals surface area contributed by atoms with E-state index in [9.17, 15) is 24.3 Å². The number of rotatable bonds is 5. The molecule has 0 saturated heterocycles. The van der Waals surface area contributed by atoms with Crippen molar-refractivity contribution >= 4 is 17.6 Å². The molecule has 0 fully saturated rings. The van der Waals surface area contributed by atoms with Gasteiger partial charge in [0.25, 0.3) is 5.56 Å². The number of carbonyl (C=O) groups excluding carboxylic acids is 2. The van der Waals surface area contributed by atoms with Gasteiger partial charge in [0.2, 0.25) is 0 Å². The highest BCUT2D eigenvalue weighted by atomic mass is 16.4. The SMILES string of the molecule is CCCCn1c2c(c(=O)n(C)c1=O)C(=O)[C@H](CC(=O)[O-])N2. The third-order valence-corrected chi connectivity index (χ3v) is 3.52. The lowest BCUT2D eigenvalue weighted by Crippen LogP contribution is -2.40. The lowest BCUT2D eigenvalue weighted by molar-refractivity contribution is -0.305. The molecule has 0 unspecified atom stereocenters. The largest absolute Gasteiger partial charge is 0.550 e. The summed E-state index contributed by atoms with van der Waals surface area (Å²) in [7, 11) is 1.30. The van der Waals surface area contributed by atoms with Crippen molar-refractivity contribution in [2.24, 2.45) is 7.05 Å². The standard InChI is InChI=1S/C13H17N3O5/c1-3-4-5-16-11-9(12(20)15(2)13(16)21)10(19)7(14-11)6-8(17)18/h7,14H,3-6H2,1-2H3,(H,17,18)/p-1/t7-/m0/s1. The minimum atomic E-state index is -1.40. The Labute approximate surface area is 120 Å². The molecule has 0 aromatic carbocycles. The molecule has 0 amide bonds. The van der Waals surface area contributed by atoms with Crippen molar-refractivity contribution in [2.75, 3.05) is 5.32 Å². The maximum atomic E-state index is 12.2. The van der Waals surface area contributed by atoms with Crippen LogP contribution in [0.3, 0.4) is 0 Å². The van der Waals surface area contributed by atoms with Crippen molar-refractivity contribution in [3.05, 3.63) is 26.4 Å². The van der Waals surface area contributed by atoms with E-state index in [1.807, 2.05) is 6.92 Å². The Kier molecular flexibility index (Phi) is 3.97. The molecule has 1 aromatic rings. The third-order valence-electron chi connectivity index (χ3n) is 3.52. The number of hydrogen-bond acceptors (Lipinski definition) is 6. The van der Waals surface area contributed by atoms with Gasteiger partial charge in [-0.2, -0.15) is 0 Å². The van der Waals surface area contributed by atoms with Crippen molar-refractivity contribution in [1.82, 2.24) is 9.13 Å². The van der Waals surface area contributed by atoms with Gasteiger partial charge in [0.05, 0.1) is 6.04 Å². The number of anilines is 1. The second-order valence-corrected chi connectivity index (χ2v) is 5.01. The summed E-state index contributed by atoms with van der Waals surface area (Å²) in [6, 6.07) is -1.06. The van der Waals surface area contributed by atoms with Crippen LogP contribution in [0.1, 0.15) is 36.5 Å². The highest BCUT2D eigenvalue weighted by molar-refractivity contribution is 6.10. The zero-order valence-electron chi connectivity index (χ0n) is 11.8. The lowest BCUT2D eigenvalue weighted by Gasteiger charge is -2.14. The van der Waals surface area contributed by atoms with Gasteiger partial charge in [-0.3, -0.25) is 18.7 Å². The fourth-order valence-corrected chi connectivity index (χ4v) is 2.38. The molecule has 0 bridgehead atoms. The van der Waals surface area contributed by atoms with Crippen molar-refractivity contribution in [3.8, 4) is 0 Å². The Balaban J connectivity index is 2.57. The summed E-state index contributed by atoms with van der Waals surface area (Å²) >= 11 is 0. The molecule has 1 atom stereocenters. The van der Waals surface area contributed by atoms with Crippen LogP contribution in [0.4, 0.5) is 5.82 Å². The number of nitrogens with one attached hydrogen (secondary N) is 1. The van der Waals surface area contributed by atoms with Crippen LogP contribution >= 0.6 is 0 Å². The third kappa shape index (κ3) is 2.48. The number of aromatic nitrogens is 2. The van der Waals surface area contributed by atoms with Gasteiger partial charge in [-0.15, -0.1) is 0 Å². The van der Waals surface area contributed by atoms with Crippen LogP contribution in [-0.4, -0.2) is 26.9 Å². The first-order valence-corrected chi connectivity index (χ1v) is 6.72. The fraction of sp³-hybridized carbons (Fsp3) is 0.538. The number of ketones is 1. The van der Waals surface area contributed by atoms with Crippen molar-refractivity contribution in [1.29, 1.82) is 0 Å². The molecular weight excluding hydrogens is 278 g/mol. The van der Waals surface area contributed by atoms with Gasteiger partial charge >= 0.3 is 5.69 Å². The fourth-order valence-electron chi connectivity index (χ4n) is 2.38. The van der Waals surface area contributed by atoms with Gasteiger partial charge in [0.15, 0.2) is 5.78 Å². The summed E-state index contributed by atoms with van der Waals surface area (Å²) in [5, 5.41) is 13.4. The number of carboxylic acid groups (broad SMARTS) is 1. The summed E-state index contributed by atoms with van der Waals surface area (Å²) in [6.45, 7) is 2.30. The van der Waals surface area contributed by atoms with Crippen molar-refractivity contribution in [3.63, 3.8) is 0 Å². The van der Waals surface area contributed by atoms with Crippen LogP contribution in [0.5, 0.6) is 0 Å². The van der Waals surface area contributed by atoms with Gasteiger partial charge in [0, 0.05) is 26.0 Å². The zero-order chi connectivity index (χ0) is 15.7. The molecule has 2 heterocycles. The van der Waals surface area contributed by atoms with Crippen LogP contribution in [0.2, 0.25) is 0 Å². The molecule has 1 aliphatic heterocycles. The Morgan fingerprint density at radius 3 is 2.57 bits per heavy atom. The number of hydrogen-bond donors (Lipinski definition) is 1. The van der Waals surface area contributed by atoms with E-state index in [0.717, 1.165) is 11.0 Å². The molecule has 1 aromatic heterocycles. The maximum Gasteiger partial charge on any atom is 0.332 e. The second kappa shape index (κ2) is 5.55. The van der Waals surface area contributed by atoms with Crippen LogP contribution in [0, 0.1) is 0 Å². The van der Waals surface area contributed by atoms with Gasteiger partial charge in [-0.05, 0) is 6.42 Å². The quantitative estimate of drug-likeness (QED) is 0.704. The highest BCUT2D eigenvalue weighted by Crippen LogP contribution is 2.23. The Bertz CT molecular complexity index is 716. The first-order chi connectivity index (χ1) is 9.88. The molecule has 8 nitrogen and oxygen atoms in total. The molecule has 1 aliphatic rings. The van der Waals surface area contributed by atoms with Gasteiger partial charge in [-0.25, -0.2) is 4.79 Å². The van der Waals surface area contributed by atoms with E-state index < -0.39 is 35.5 Å². The van der Waals surface area contributed by atoms with E-state index in [0.29, 0.717) is 13.0 Å². The number of fused-ring (bicyclic) bond motifs is 1. The summed E-state index contributed by atoms with van der Waals surface area (Å²) in [6.07, 6.45) is 0.991. The average molecular weight is 294 g/mol. The first kappa shape index (κ1) is 15.0. The Morgan fingerprint density at radius 1 is 1.33 bits per heavy atom. The van der Waals surface area contributed by atoms with Crippen molar-refractivity contribution in [2.45, 2.75) is 38.8 Å². The molecule has 0 radical (unpaired) electrons. The summed E-state index contributed by atoms with van der Waals surface area (Å²) in [5.74, 6) is -1.89. The molecule has 1 N–H and O–H groups in total. The highest BCUT2D eigenvalue weighted by Gasteiger charge is 2.36. The van der Waals surface area contributed by atoms with Gasteiger partial charge < -0.3 is 15.2 Å². The van der Waals surface area contributed by atoms with Gasteiger partial charge in [-0.1, -0.05) is 13.3 Å². The molecular formula is C13H16N3O5-. The number of Topliss-reactive ketones (excluding diaryl/α,β-unsaturated/α-hetero) is 1. The van der Waals surface area contributed by atoms with Gasteiger partial charge in [0.1, 0.15) is 11.4 Å². The maximum absolute atomic E-state index is 12.2. The number of carboxylic acids is 1. The Hall–Kier alpha value is -2.38. The molecule has 114 valence electrons. The topological polar surface area (TPSA) is 113 Å². The number of carbonyl (C=O) groups is 2. The summed E-state index contributed by atoms with van der Waals surface area (Å²) in [5.41, 5.74) is -1.39. The van der Waals surface area contributed by atoms with Crippen LogP contribution < -0.4 is 21.7 Å². The zero-order valence-corrected chi connectivity index (χ0v) is 11.8. The number of nitrogens with zero attached hydrogens (tertiary/aromatic N) is 2. The predicted octanol–water partition coefficient (Wildman–Crippen LogP) is -1.54. The van der Waals surface area contributed by atoms with Crippen LogP contribution in [-0.2, 0) is 18.4 Å². The number of aliphatic carboxylic acids is 1. The first-order valence-electron chi connectivity index (χ1n) is 6.72. The smallest absolute Gasteiger partial charge is 0.332 e. The van der Waals surface area contributed by atoms with E-state index in [-0.39, 0.29) is 11.4 Å². The molecule has 2 rings (SSSR count). The van der Waals surface area contributed by atoms with Crippen LogP contribution in [0.25, 0.3) is 0 Å². The lowest BCUT2D eigenvalue weighted by atomic mass is 10.1. The molecule has 8 heteroatoms. The second-order valence-electron chi connectivity index (χ2n) is 5.01. The number of unbranched alkanes of at least 4 members (excludes halogenated alkanes) is 1. The average Bonchev–Trinajstić information content (AvgIpc) is 2.73. The Morgan fingerprint density at radius 2 is 2.00 bits per heavy atom. The van der Waals surface area contributed by atoms with E-state index in [4.69, 9.17) is 0 Å². The van der Waals surface area contributed by atoms with E-state index in [1.54, 1.807) is 0 Å².